The zero-order valence-electron chi connectivity index (χ0n) is 11.6. The first-order valence-electron chi connectivity index (χ1n) is 6.40. The van der Waals surface area contributed by atoms with Crippen LogP contribution in [0.5, 0.6) is 5.88 Å². The lowest BCUT2D eigenvalue weighted by molar-refractivity contribution is -0.671. The summed E-state index contributed by atoms with van der Waals surface area (Å²) in [5, 5.41) is 9.37. The Labute approximate surface area is 124 Å². The Morgan fingerprint density at radius 3 is 2.86 bits per heavy atom. The maximum atomic E-state index is 12.2. The molecule has 4 N–H and O–H groups in total. The number of H-pyrrole nitrogens is 2. The third kappa shape index (κ3) is 2.05. The van der Waals surface area contributed by atoms with E-state index in [1.165, 1.54) is 0 Å². The van der Waals surface area contributed by atoms with Crippen LogP contribution in [0.1, 0.15) is 17.0 Å². The number of pyridine rings is 1. The lowest BCUT2D eigenvalue weighted by Crippen LogP contribution is -2.34. The van der Waals surface area contributed by atoms with Crippen molar-refractivity contribution in [3.05, 3.63) is 67.9 Å². The van der Waals surface area contributed by atoms with Crippen LogP contribution in [-0.4, -0.2) is 9.97 Å². The van der Waals surface area contributed by atoms with Gasteiger partial charge in [0.2, 0.25) is 11.8 Å². The first kappa shape index (κ1) is 13.6. The molecule has 0 amide bonds. The molecule has 0 aliphatic carbocycles. The van der Waals surface area contributed by atoms with Gasteiger partial charge in [-0.15, -0.1) is 0 Å². The minimum absolute atomic E-state index is 0.0400. The smallest absolute Gasteiger partial charge is 0.328 e. The Balaban J connectivity index is 2.34. The normalized spacial score (nSPS) is 16.6. The van der Waals surface area contributed by atoms with E-state index in [1.54, 1.807) is 22.9 Å². The molecule has 1 aliphatic heterocycles. The molecule has 2 aromatic rings. The van der Waals surface area contributed by atoms with E-state index in [0.717, 1.165) is 0 Å². The van der Waals surface area contributed by atoms with Crippen LogP contribution < -0.4 is 26.3 Å². The highest BCUT2D eigenvalue weighted by Crippen LogP contribution is 2.37. The van der Waals surface area contributed by atoms with Gasteiger partial charge in [-0.05, 0) is 6.07 Å². The standard InChI is InChI=1S/C14H11N5O3/c1-19-4-2-3-7(6-19)9-8(5-15)11(16)22-13-10(9)12(20)17-14(21)18-13/h2-4,6,9H,16H2,1H3,(H-,17,18,20,21)/p+1. The van der Waals surface area contributed by atoms with Crippen molar-refractivity contribution in [3.8, 4) is 11.9 Å². The van der Waals surface area contributed by atoms with Gasteiger partial charge in [0.15, 0.2) is 12.4 Å². The fraction of sp³-hybridized carbons (Fsp3) is 0.143. The molecule has 0 saturated heterocycles. The number of nitrogens with zero attached hydrogens (tertiary/aromatic N) is 2. The summed E-state index contributed by atoms with van der Waals surface area (Å²) in [5.74, 6) is -0.878. The average Bonchev–Trinajstić information content (AvgIpc) is 2.45. The van der Waals surface area contributed by atoms with Crippen LogP contribution in [-0.2, 0) is 7.05 Å². The van der Waals surface area contributed by atoms with Crippen LogP contribution in [0.2, 0.25) is 0 Å². The zero-order chi connectivity index (χ0) is 15.9. The largest absolute Gasteiger partial charge is 0.424 e. The molecular formula is C14H12N5O3+. The third-order valence-electron chi connectivity index (χ3n) is 3.41. The molecule has 0 aromatic carbocycles. The summed E-state index contributed by atoms with van der Waals surface area (Å²) in [5.41, 5.74) is 5.41. The summed E-state index contributed by atoms with van der Waals surface area (Å²) in [6, 6.07) is 5.54. The van der Waals surface area contributed by atoms with Gasteiger partial charge in [-0.3, -0.25) is 14.8 Å². The molecule has 2 aromatic heterocycles. The minimum atomic E-state index is -0.707. The molecule has 0 spiro atoms. The number of rotatable bonds is 1. The number of hydrogen-bond acceptors (Lipinski definition) is 5. The number of aryl methyl sites for hydroxylation is 1. The fourth-order valence-electron chi connectivity index (χ4n) is 2.50. The quantitative estimate of drug-likeness (QED) is 0.588. The van der Waals surface area contributed by atoms with E-state index in [1.807, 2.05) is 19.3 Å². The monoisotopic (exact) mass is 298 g/mol. The molecule has 0 saturated carbocycles. The highest BCUT2D eigenvalue weighted by Gasteiger charge is 2.35. The minimum Gasteiger partial charge on any atom is -0.424 e. The van der Waals surface area contributed by atoms with Crippen LogP contribution in [0, 0.1) is 11.3 Å². The number of aromatic amines is 2. The molecule has 1 unspecified atom stereocenters. The van der Waals surface area contributed by atoms with E-state index >= 15 is 0 Å². The van der Waals surface area contributed by atoms with Crippen molar-refractivity contribution in [1.82, 2.24) is 9.97 Å². The van der Waals surface area contributed by atoms with Gasteiger partial charge in [-0.25, -0.2) is 9.36 Å². The van der Waals surface area contributed by atoms with Crippen molar-refractivity contribution in [2.24, 2.45) is 12.8 Å². The number of nitrogens with one attached hydrogen (secondary N) is 2. The maximum Gasteiger partial charge on any atom is 0.328 e. The molecule has 1 aliphatic rings. The van der Waals surface area contributed by atoms with Gasteiger partial charge in [0.1, 0.15) is 18.7 Å². The van der Waals surface area contributed by atoms with E-state index in [0.29, 0.717) is 5.56 Å². The second-order valence-electron chi connectivity index (χ2n) is 4.88. The van der Waals surface area contributed by atoms with Crippen LogP contribution in [0.4, 0.5) is 0 Å². The first-order valence-corrected chi connectivity index (χ1v) is 6.40. The Kier molecular flexibility index (Phi) is 3.03. The van der Waals surface area contributed by atoms with Gasteiger partial charge in [0.25, 0.3) is 5.56 Å². The summed E-state index contributed by atoms with van der Waals surface area (Å²) >= 11 is 0. The molecule has 22 heavy (non-hydrogen) atoms. The number of hydrogen-bond donors (Lipinski definition) is 3. The topological polar surface area (TPSA) is 129 Å². The molecular weight excluding hydrogens is 286 g/mol. The number of ether oxygens (including phenoxy) is 1. The zero-order valence-corrected chi connectivity index (χ0v) is 11.6. The van der Waals surface area contributed by atoms with Crippen LogP contribution in [0.3, 0.4) is 0 Å². The molecule has 8 heteroatoms. The van der Waals surface area contributed by atoms with Gasteiger partial charge in [-0.2, -0.15) is 5.26 Å². The molecule has 1 atom stereocenters. The summed E-state index contributed by atoms with van der Waals surface area (Å²) in [6.07, 6.45) is 3.59. The number of fused-ring (bicyclic) bond motifs is 1. The van der Waals surface area contributed by atoms with Gasteiger partial charge >= 0.3 is 5.69 Å². The summed E-state index contributed by atoms with van der Waals surface area (Å²) < 4.78 is 7.02. The van der Waals surface area contributed by atoms with E-state index in [-0.39, 0.29) is 22.9 Å². The van der Waals surface area contributed by atoms with Gasteiger partial charge in [0, 0.05) is 11.6 Å². The van der Waals surface area contributed by atoms with E-state index in [9.17, 15) is 14.9 Å². The molecule has 3 heterocycles. The van der Waals surface area contributed by atoms with Gasteiger partial charge in [0.05, 0.1) is 11.5 Å². The SMILES string of the molecule is C[n+]1cccc(C2C(C#N)=C(N)Oc3[nH]c(=O)[nH]c(=O)c32)c1. The molecule has 8 nitrogen and oxygen atoms in total. The molecule has 0 bridgehead atoms. The highest BCUT2D eigenvalue weighted by atomic mass is 16.5. The Bertz CT molecular complexity index is 948. The van der Waals surface area contributed by atoms with Crippen LogP contribution in [0.15, 0.2) is 45.6 Å². The van der Waals surface area contributed by atoms with Crippen LogP contribution in [0.25, 0.3) is 0 Å². The maximum absolute atomic E-state index is 12.2. The average molecular weight is 298 g/mol. The molecule has 110 valence electrons. The summed E-state index contributed by atoms with van der Waals surface area (Å²) in [4.78, 5) is 28.1. The predicted molar refractivity (Wildman–Crippen MR) is 74.6 cm³/mol. The number of allylic oxidation sites excluding steroid dienone is 1. The van der Waals surface area contributed by atoms with Crippen molar-refractivity contribution in [1.29, 1.82) is 5.26 Å². The van der Waals surface area contributed by atoms with E-state index < -0.39 is 17.2 Å². The second kappa shape index (κ2) is 4.89. The molecule has 3 rings (SSSR count). The summed E-state index contributed by atoms with van der Waals surface area (Å²) in [6.45, 7) is 0. The van der Waals surface area contributed by atoms with Crippen LogP contribution >= 0.6 is 0 Å². The first-order chi connectivity index (χ1) is 10.5. The Morgan fingerprint density at radius 1 is 1.41 bits per heavy atom. The van der Waals surface area contributed by atoms with Gasteiger partial charge in [-0.1, -0.05) is 0 Å². The number of nitriles is 1. The third-order valence-corrected chi connectivity index (χ3v) is 3.41. The fourth-order valence-corrected chi connectivity index (χ4v) is 2.50. The molecule has 0 radical (unpaired) electrons. The van der Waals surface area contributed by atoms with Gasteiger partial charge < -0.3 is 10.5 Å². The van der Waals surface area contributed by atoms with Crippen molar-refractivity contribution in [3.63, 3.8) is 0 Å². The number of nitrogens with two attached hydrogens (primary N) is 1. The van der Waals surface area contributed by atoms with E-state index in [2.05, 4.69) is 9.97 Å². The van der Waals surface area contributed by atoms with Crippen molar-refractivity contribution in [2.75, 3.05) is 0 Å². The van der Waals surface area contributed by atoms with E-state index in [4.69, 9.17) is 10.5 Å². The van der Waals surface area contributed by atoms with Crippen molar-refractivity contribution >= 4 is 0 Å². The lowest BCUT2D eigenvalue weighted by Gasteiger charge is -2.23. The Hall–Kier alpha value is -3.34. The highest BCUT2D eigenvalue weighted by molar-refractivity contribution is 5.51. The predicted octanol–water partition coefficient (Wildman–Crippen LogP) is -0.894. The Morgan fingerprint density at radius 2 is 2.18 bits per heavy atom. The second-order valence-corrected chi connectivity index (χ2v) is 4.88. The van der Waals surface area contributed by atoms with Crippen molar-refractivity contribution in [2.45, 2.75) is 5.92 Å². The summed E-state index contributed by atoms with van der Waals surface area (Å²) in [7, 11) is 1.82. The lowest BCUT2D eigenvalue weighted by atomic mass is 9.86. The van der Waals surface area contributed by atoms with Crippen molar-refractivity contribution < 1.29 is 9.30 Å². The number of aromatic nitrogens is 3. The molecule has 0 fully saturated rings.